The van der Waals surface area contributed by atoms with Crippen LogP contribution < -0.4 is 16.4 Å². The zero-order valence-corrected chi connectivity index (χ0v) is 24.9. The molecule has 4 N–H and O–H groups in total. The first-order valence-electron chi connectivity index (χ1n) is 14.6. The standard InChI is InChI=1S/C33H42FN5O3/c1-5-27-21-38(29(30(40)36-4)20-23-10-13-24-8-6-7-9-25(24)18-23)16-17-39(27)31(41)28(37-32(42)33(2,3)35)19-22-11-14-26(34)15-12-22/h6-15,18,27-29H,5,16-17,19-21,35H2,1-4H3,(H,36,40)(H,37,42)/t27-,28+,29-/m0/s1. The predicted octanol–water partition coefficient (Wildman–Crippen LogP) is 3.02. The molecule has 1 saturated heterocycles. The van der Waals surface area contributed by atoms with Crippen LogP contribution in [0.25, 0.3) is 10.8 Å². The molecule has 3 aromatic rings. The van der Waals surface area contributed by atoms with E-state index < -0.39 is 23.5 Å². The van der Waals surface area contributed by atoms with Gasteiger partial charge in [0.25, 0.3) is 0 Å². The molecule has 0 aromatic heterocycles. The van der Waals surface area contributed by atoms with Crippen LogP contribution >= 0.6 is 0 Å². The maximum Gasteiger partial charge on any atom is 0.245 e. The number of benzene rings is 3. The van der Waals surface area contributed by atoms with E-state index >= 15 is 0 Å². The number of likely N-dealkylation sites (N-methyl/N-ethyl adjacent to an activating group) is 1. The lowest BCUT2D eigenvalue weighted by Gasteiger charge is -2.45. The number of hydrogen-bond acceptors (Lipinski definition) is 5. The van der Waals surface area contributed by atoms with Crippen molar-refractivity contribution in [2.24, 2.45) is 5.73 Å². The third-order valence-corrected chi connectivity index (χ3v) is 8.04. The summed E-state index contributed by atoms with van der Waals surface area (Å²) in [6.07, 6.45) is 1.43. The number of rotatable bonds is 10. The first kappa shape index (κ1) is 31.1. The number of halogens is 1. The molecule has 3 amide bonds. The topological polar surface area (TPSA) is 108 Å². The summed E-state index contributed by atoms with van der Waals surface area (Å²) >= 11 is 0. The van der Waals surface area contributed by atoms with Crippen LogP contribution in [0.2, 0.25) is 0 Å². The number of hydrogen-bond donors (Lipinski definition) is 3. The Hall–Kier alpha value is -3.82. The van der Waals surface area contributed by atoms with E-state index in [9.17, 15) is 18.8 Å². The molecule has 42 heavy (non-hydrogen) atoms. The molecule has 8 nitrogen and oxygen atoms in total. The Balaban J connectivity index is 1.53. The van der Waals surface area contributed by atoms with Gasteiger partial charge < -0.3 is 21.3 Å². The summed E-state index contributed by atoms with van der Waals surface area (Å²) in [5, 5.41) is 7.94. The molecule has 1 fully saturated rings. The molecule has 1 aliphatic heterocycles. The Bertz CT molecular complexity index is 1400. The van der Waals surface area contributed by atoms with Crippen molar-refractivity contribution < 1.29 is 18.8 Å². The minimum Gasteiger partial charge on any atom is -0.358 e. The van der Waals surface area contributed by atoms with Gasteiger partial charge in [0.05, 0.1) is 11.6 Å². The quantitative estimate of drug-likeness (QED) is 0.345. The number of nitrogens with two attached hydrogens (primary N) is 1. The van der Waals surface area contributed by atoms with E-state index in [1.165, 1.54) is 12.1 Å². The average Bonchev–Trinajstić information content (AvgIpc) is 2.98. The molecule has 0 spiro atoms. The Labute approximate surface area is 247 Å². The van der Waals surface area contributed by atoms with Crippen molar-refractivity contribution >= 4 is 28.5 Å². The lowest BCUT2D eigenvalue weighted by Crippen LogP contribution is -2.64. The van der Waals surface area contributed by atoms with E-state index in [-0.39, 0.29) is 30.1 Å². The minimum atomic E-state index is -1.17. The van der Waals surface area contributed by atoms with Crippen molar-refractivity contribution in [3.05, 3.63) is 83.7 Å². The summed E-state index contributed by atoms with van der Waals surface area (Å²) in [6, 6.07) is 18.9. The average molecular weight is 576 g/mol. The predicted molar refractivity (Wildman–Crippen MR) is 163 cm³/mol. The van der Waals surface area contributed by atoms with Crippen LogP contribution in [-0.4, -0.2) is 77.9 Å². The minimum absolute atomic E-state index is 0.0654. The molecule has 9 heteroatoms. The Morgan fingerprint density at radius 3 is 2.29 bits per heavy atom. The van der Waals surface area contributed by atoms with E-state index in [0.717, 1.165) is 21.9 Å². The van der Waals surface area contributed by atoms with E-state index in [1.807, 2.05) is 24.0 Å². The Morgan fingerprint density at radius 1 is 0.976 bits per heavy atom. The van der Waals surface area contributed by atoms with Gasteiger partial charge in [0.2, 0.25) is 17.7 Å². The summed E-state index contributed by atoms with van der Waals surface area (Å²) in [7, 11) is 1.65. The Kier molecular flexibility index (Phi) is 9.96. The van der Waals surface area contributed by atoms with Crippen LogP contribution in [0.4, 0.5) is 4.39 Å². The van der Waals surface area contributed by atoms with Gasteiger partial charge in [0, 0.05) is 39.1 Å². The van der Waals surface area contributed by atoms with Gasteiger partial charge in [-0.1, -0.05) is 61.5 Å². The van der Waals surface area contributed by atoms with Crippen LogP contribution in [0.1, 0.15) is 38.3 Å². The molecule has 0 saturated carbocycles. The highest BCUT2D eigenvalue weighted by atomic mass is 19.1. The SMILES string of the molecule is CC[C@H]1CN([C@@H](Cc2ccc3ccccc3c2)C(=O)NC)CCN1C(=O)[C@@H](Cc1ccc(F)cc1)NC(=O)C(C)(C)N. The molecule has 1 heterocycles. The van der Waals surface area contributed by atoms with Crippen molar-refractivity contribution in [2.75, 3.05) is 26.7 Å². The summed E-state index contributed by atoms with van der Waals surface area (Å²) in [5.74, 6) is -1.09. The second-order valence-corrected chi connectivity index (χ2v) is 11.7. The Morgan fingerprint density at radius 2 is 1.64 bits per heavy atom. The highest BCUT2D eigenvalue weighted by Gasteiger charge is 2.38. The third kappa shape index (κ3) is 7.52. The fourth-order valence-electron chi connectivity index (χ4n) is 5.55. The molecule has 0 bridgehead atoms. The van der Waals surface area contributed by atoms with Gasteiger partial charge >= 0.3 is 0 Å². The van der Waals surface area contributed by atoms with Crippen molar-refractivity contribution in [1.29, 1.82) is 0 Å². The molecule has 224 valence electrons. The molecule has 0 aliphatic carbocycles. The maximum absolute atomic E-state index is 14.0. The van der Waals surface area contributed by atoms with Gasteiger partial charge in [0.15, 0.2) is 0 Å². The third-order valence-electron chi connectivity index (χ3n) is 8.04. The van der Waals surface area contributed by atoms with Crippen molar-refractivity contribution in [3.8, 4) is 0 Å². The van der Waals surface area contributed by atoms with Crippen molar-refractivity contribution in [1.82, 2.24) is 20.4 Å². The van der Waals surface area contributed by atoms with Crippen LogP contribution in [-0.2, 0) is 27.2 Å². The van der Waals surface area contributed by atoms with E-state index in [2.05, 4.69) is 45.9 Å². The van der Waals surface area contributed by atoms with Crippen LogP contribution in [0.15, 0.2) is 66.7 Å². The van der Waals surface area contributed by atoms with Gasteiger partial charge in [-0.25, -0.2) is 4.39 Å². The van der Waals surface area contributed by atoms with Crippen molar-refractivity contribution in [3.63, 3.8) is 0 Å². The van der Waals surface area contributed by atoms with E-state index in [1.54, 1.807) is 33.0 Å². The fourth-order valence-corrected chi connectivity index (χ4v) is 5.55. The van der Waals surface area contributed by atoms with Gasteiger partial charge in [-0.15, -0.1) is 0 Å². The van der Waals surface area contributed by atoms with Gasteiger partial charge in [-0.3, -0.25) is 19.3 Å². The molecular weight excluding hydrogens is 533 g/mol. The molecule has 1 aliphatic rings. The summed E-state index contributed by atoms with van der Waals surface area (Å²) < 4.78 is 13.5. The number of piperazine rings is 1. The molecule has 0 radical (unpaired) electrons. The molecule has 3 atom stereocenters. The molecule has 4 rings (SSSR count). The zero-order chi connectivity index (χ0) is 30.4. The van der Waals surface area contributed by atoms with Crippen LogP contribution in [0.5, 0.6) is 0 Å². The summed E-state index contributed by atoms with van der Waals surface area (Å²) in [5.41, 5.74) is 6.65. The monoisotopic (exact) mass is 575 g/mol. The lowest BCUT2D eigenvalue weighted by atomic mass is 9.97. The van der Waals surface area contributed by atoms with E-state index in [0.29, 0.717) is 32.5 Å². The smallest absolute Gasteiger partial charge is 0.245 e. The molecular formula is C33H42FN5O3. The van der Waals surface area contributed by atoms with Gasteiger partial charge in [-0.05, 0) is 60.7 Å². The number of amides is 3. The van der Waals surface area contributed by atoms with Crippen molar-refractivity contribution in [2.45, 2.75) is 63.7 Å². The molecule has 3 aromatic carbocycles. The number of carbonyl (C=O) groups excluding carboxylic acids is 3. The highest BCUT2D eigenvalue weighted by molar-refractivity contribution is 5.92. The van der Waals surface area contributed by atoms with Gasteiger partial charge in [0.1, 0.15) is 11.9 Å². The van der Waals surface area contributed by atoms with Crippen LogP contribution in [0, 0.1) is 5.82 Å². The summed E-state index contributed by atoms with van der Waals surface area (Å²) in [4.78, 5) is 43.9. The maximum atomic E-state index is 14.0. The van der Waals surface area contributed by atoms with Gasteiger partial charge in [-0.2, -0.15) is 0 Å². The zero-order valence-electron chi connectivity index (χ0n) is 24.9. The second-order valence-electron chi connectivity index (χ2n) is 11.7. The molecule has 0 unspecified atom stereocenters. The first-order valence-corrected chi connectivity index (χ1v) is 14.6. The largest absolute Gasteiger partial charge is 0.358 e. The number of nitrogens with zero attached hydrogens (tertiary/aromatic N) is 2. The normalized spacial score (nSPS) is 17.5. The lowest BCUT2D eigenvalue weighted by molar-refractivity contribution is -0.142. The second kappa shape index (κ2) is 13.4. The van der Waals surface area contributed by atoms with E-state index in [4.69, 9.17) is 5.73 Å². The van der Waals surface area contributed by atoms with Crippen LogP contribution in [0.3, 0.4) is 0 Å². The summed E-state index contributed by atoms with van der Waals surface area (Å²) in [6.45, 7) is 6.63. The number of fused-ring (bicyclic) bond motifs is 1. The first-order chi connectivity index (χ1) is 20.0. The fraction of sp³-hybridized carbons (Fsp3) is 0.424. The number of nitrogens with one attached hydrogen (secondary N) is 2. The highest BCUT2D eigenvalue weighted by Crippen LogP contribution is 2.22. The number of carbonyl (C=O) groups is 3.